The van der Waals surface area contributed by atoms with Gasteiger partial charge in [0.1, 0.15) is 11.9 Å². The van der Waals surface area contributed by atoms with Gasteiger partial charge in [-0.2, -0.15) is 0 Å². The number of hydrogen-bond acceptors (Lipinski definition) is 3. The number of ether oxygens (including phenoxy) is 1. The number of carbonyl (C=O) groups is 1. The molecule has 0 aromatic heterocycles. The fourth-order valence-electron chi connectivity index (χ4n) is 4.55. The van der Waals surface area contributed by atoms with E-state index in [4.69, 9.17) is 4.74 Å². The van der Waals surface area contributed by atoms with Gasteiger partial charge in [0, 0.05) is 32.1 Å². The van der Waals surface area contributed by atoms with E-state index in [1.54, 1.807) is 0 Å². The number of nitrogens with one attached hydrogen (secondary N) is 2. The van der Waals surface area contributed by atoms with Gasteiger partial charge in [-0.1, -0.05) is 32.0 Å². The number of urea groups is 1. The molecule has 0 bridgehead atoms. The highest BCUT2D eigenvalue weighted by molar-refractivity contribution is 5.74. The first-order valence-corrected chi connectivity index (χ1v) is 9.54. The van der Waals surface area contributed by atoms with Gasteiger partial charge in [0.2, 0.25) is 0 Å². The van der Waals surface area contributed by atoms with Crippen molar-refractivity contribution in [2.24, 2.45) is 11.3 Å². The molecule has 0 saturated carbocycles. The summed E-state index contributed by atoms with van der Waals surface area (Å²) in [5, 5.41) is 6.65. The second-order valence-electron chi connectivity index (χ2n) is 8.41. The van der Waals surface area contributed by atoms with Crippen LogP contribution in [0.2, 0.25) is 0 Å². The van der Waals surface area contributed by atoms with Crippen LogP contribution >= 0.6 is 0 Å². The van der Waals surface area contributed by atoms with Crippen LogP contribution in [-0.4, -0.2) is 49.3 Å². The molecule has 2 amide bonds. The summed E-state index contributed by atoms with van der Waals surface area (Å²) in [7, 11) is 0. The van der Waals surface area contributed by atoms with Crippen LogP contribution in [0.1, 0.15) is 32.3 Å². The molecule has 4 rings (SSSR count). The Hall–Kier alpha value is -1.75. The molecule has 2 unspecified atom stereocenters. The molecule has 0 spiro atoms. The Morgan fingerprint density at radius 3 is 2.72 bits per heavy atom. The van der Waals surface area contributed by atoms with E-state index in [2.05, 4.69) is 30.5 Å². The maximum atomic E-state index is 12.5. The minimum atomic E-state index is 0.0545. The molecule has 0 radical (unpaired) electrons. The van der Waals surface area contributed by atoms with E-state index in [9.17, 15) is 4.79 Å². The van der Waals surface area contributed by atoms with Crippen LogP contribution < -0.4 is 15.4 Å². The normalized spacial score (nSPS) is 28.0. The lowest BCUT2D eigenvalue weighted by Crippen LogP contribution is -2.64. The first-order chi connectivity index (χ1) is 12.0. The molecule has 1 aromatic rings. The highest BCUT2D eigenvalue weighted by Gasteiger charge is 2.43. The van der Waals surface area contributed by atoms with Crippen molar-refractivity contribution in [2.75, 3.05) is 26.2 Å². The molecule has 5 heteroatoms. The van der Waals surface area contributed by atoms with Gasteiger partial charge in [-0.25, -0.2) is 4.79 Å². The second kappa shape index (κ2) is 6.52. The lowest BCUT2D eigenvalue weighted by Gasteiger charge is -2.51. The molecule has 3 aliphatic rings. The summed E-state index contributed by atoms with van der Waals surface area (Å²) in [6.07, 6.45) is 3.12. The smallest absolute Gasteiger partial charge is 0.317 e. The third-order valence-electron chi connectivity index (χ3n) is 6.11. The van der Waals surface area contributed by atoms with E-state index < -0.39 is 0 Å². The summed E-state index contributed by atoms with van der Waals surface area (Å²) in [4.78, 5) is 14.4. The Morgan fingerprint density at radius 2 is 2.08 bits per heavy atom. The molecular formula is C20H29N3O2. The monoisotopic (exact) mass is 343 g/mol. The minimum Gasteiger partial charge on any atom is -0.488 e. The molecule has 2 saturated heterocycles. The zero-order valence-electron chi connectivity index (χ0n) is 15.3. The van der Waals surface area contributed by atoms with Crippen molar-refractivity contribution in [3.8, 4) is 5.75 Å². The van der Waals surface area contributed by atoms with E-state index in [1.165, 1.54) is 5.56 Å². The Kier molecular flexibility index (Phi) is 4.36. The van der Waals surface area contributed by atoms with Gasteiger partial charge in [-0.15, -0.1) is 0 Å². The number of hydrogen-bond donors (Lipinski definition) is 2. The van der Waals surface area contributed by atoms with Crippen LogP contribution in [0.5, 0.6) is 5.75 Å². The lowest BCUT2D eigenvalue weighted by atomic mass is 9.68. The van der Waals surface area contributed by atoms with Gasteiger partial charge in [-0.05, 0) is 35.8 Å². The predicted octanol–water partition coefficient (Wildman–Crippen LogP) is 2.41. The van der Waals surface area contributed by atoms with Crippen LogP contribution in [0.4, 0.5) is 4.79 Å². The van der Waals surface area contributed by atoms with Crippen molar-refractivity contribution in [1.29, 1.82) is 0 Å². The summed E-state index contributed by atoms with van der Waals surface area (Å²) >= 11 is 0. The number of fused-ring (bicyclic) bond motifs is 1. The first kappa shape index (κ1) is 16.7. The van der Waals surface area contributed by atoms with Crippen LogP contribution in [0.3, 0.4) is 0 Å². The summed E-state index contributed by atoms with van der Waals surface area (Å²) < 4.78 is 5.90. The third-order valence-corrected chi connectivity index (χ3v) is 6.11. The molecule has 0 aliphatic carbocycles. The molecule has 2 atom stereocenters. The third kappa shape index (κ3) is 3.34. The van der Waals surface area contributed by atoms with E-state index in [0.29, 0.717) is 23.9 Å². The van der Waals surface area contributed by atoms with E-state index in [0.717, 1.165) is 44.6 Å². The molecule has 2 N–H and O–H groups in total. The average Bonchev–Trinajstić information content (AvgIpc) is 3.02. The summed E-state index contributed by atoms with van der Waals surface area (Å²) in [6, 6.07) is 8.78. The molecule has 25 heavy (non-hydrogen) atoms. The number of amides is 2. The number of rotatable bonds is 3. The molecule has 3 aliphatic heterocycles. The highest BCUT2D eigenvalue weighted by Crippen LogP contribution is 2.37. The predicted molar refractivity (Wildman–Crippen MR) is 97.8 cm³/mol. The van der Waals surface area contributed by atoms with Crippen molar-refractivity contribution < 1.29 is 9.53 Å². The zero-order valence-corrected chi connectivity index (χ0v) is 15.3. The molecule has 136 valence electrons. The van der Waals surface area contributed by atoms with Crippen molar-refractivity contribution in [3.05, 3.63) is 29.8 Å². The fourth-order valence-corrected chi connectivity index (χ4v) is 4.55. The Balaban J connectivity index is 1.21. The van der Waals surface area contributed by atoms with Crippen molar-refractivity contribution in [1.82, 2.24) is 15.5 Å². The van der Waals surface area contributed by atoms with Crippen LogP contribution in [0.15, 0.2) is 24.3 Å². The Bertz CT molecular complexity index is 613. The van der Waals surface area contributed by atoms with Gasteiger partial charge in [0.15, 0.2) is 0 Å². The van der Waals surface area contributed by atoms with Crippen molar-refractivity contribution in [3.63, 3.8) is 0 Å². The maximum Gasteiger partial charge on any atom is 0.317 e. The van der Waals surface area contributed by atoms with E-state index in [1.807, 2.05) is 23.1 Å². The van der Waals surface area contributed by atoms with Crippen LogP contribution in [-0.2, 0) is 6.42 Å². The SMILES string of the molecule is CC1(C)CNC1C1CCN(C(=O)NCC2Cc3ccccc3O2)CC1. The number of para-hydroxylation sites is 1. The molecule has 5 nitrogen and oxygen atoms in total. The minimum absolute atomic E-state index is 0.0545. The van der Waals surface area contributed by atoms with Gasteiger partial charge in [0.05, 0.1) is 6.54 Å². The Morgan fingerprint density at radius 1 is 1.32 bits per heavy atom. The molecule has 2 fully saturated rings. The average molecular weight is 343 g/mol. The topological polar surface area (TPSA) is 53.6 Å². The van der Waals surface area contributed by atoms with Gasteiger partial charge in [-0.3, -0.25) is 0 Å². The number of nitrogens with zero attached hydrogens (tertiary/aromatic N) is 1. The summed E-state index contributed by atoms with van der Waals surface area (Å²) in [5.74, 6) is 1.65. The van der Waals surface area contributed by atoms with Gasteiger partial charge < -0.3 is 20.3 Å². The fraction of sp³-hybridized carbons (Fsp3) is 0.650. The Labute approximate surface area is 150 Å². The van der Waals surface area contributed by atoms with Crippen LogP contribution in [0.25, 0.3) is 0 Å². The highest BCUT2D eigenvalue weighted by atomic mass is 16.5. The molecule has 3 heterocycles. The summed E-state index contributed by atoms with van der Waals surface area (Å²) in [5.41, 5.74) is 1.64. The number of piperidine rings is 1. The standard InChI is InChI=1S/C20H29N3O2/c1-20(2)13-22-18(20)14-7-9-23(10-8-14)19(24)21-12-16-11-15-5-3-4-6-17(15)25-16/h3-6,14,16,18,22H,7-13H2,1-2H3,(H,21,24). The molecular weight excluding hydrogens is 314 g/mol. The van der Waals surface area contributed by atoms with Gasteiger partial charge >= 0.3 is 6.03 Å². The van der Waals surface area contributed by atoms with E-state index >= 15 is 0 Å². The van der Waals surface area contributed by atoms with Gasteiger partial charge in [0.25, 0.3) is 0 Å². The number of carbonyl (C=O) groups excluding carboxylic acids is 1. The second-order valence-corrected chi connectivity index (χ2v) is 8.41. The quantitative estimate of drug-likeness (QED) is 0.886. The zero-order chi connectivity index (χ0) is 17.4. The van der Waals surface area contributed by atoms with Crippen molar-refractivity contribution >= 4 is 6.03 Å². The van der Waals surface area contributed by atoms with Crippen LogP contribution in [0, 0.1) is 11.3 Å². The molecule has 1 aromatic carbocycles. The number of benzene rings is 1. The lowest BCUT2D eigenvalue weighted by molar-refractivity contribution is 0.0456. The maximum absolute atomic E-state index is 12.5. The largest absolute Gasteiger partial charge is 0.488 e. The van der Waals surface area contributed by atoms with E-state index in [-0.39, 0.29) is 12.1 Å². The summed E-state index contributed by atoms with van der Waals surface area (Å²) in [6.45, 7) is 8.08. The van der Waals surface area contributed by atoms with Crippen molar-refractivity contribution in [2.45, 2.75) is 45.3 Å². The number of likely N-dealkylation sites (tertiary alicyclic amines) is 1. The first-order valence-electron chi connectivity index (χ1n) is 9.54.